The summed E-state index contributed by atoms with van der Waals surface area (Å²) >= 11 is 0. The molecule has 1 amide bonds. The van der Waals surface area contributed by atoms with Gasteiger partial charge in [-0.05, 0) is 55.7 Å². The third-order valence-corrected chi connectivity index (χ3v) is 4.38. The number of carbonyl (C=O) groups excluding carboxylic acids is 1. The molecular weight excluding hydrogens is 370 g/mol. The number of amides is 1. The first-order valence-electron chi connectivity index (χ1n) is 9.96. The zero-order chi connectivity index (χ0) is 21.2. The average molecular weight is 402 g/mol. The van der Waals surface area contributed by atoms with Crippen LogP contribution >= 0.6 is 0 Å². The molecule has 6 heteroatoms. The van der Waals surface area contributed by atoms with Crippen molar-refractivity contribution < 1.29 is 23.7 Å². The van der Waals surface area contributed by atoms with Gasteiger partial charge in [0.25, 0.3) is 5.91 Å². The molecule has 0 aliphatic heterocycles. The minimum atomic E-state index is -0.210. The van der Waals surface area contributed by atoms with Crippen LogP contribution in [0.2, 0.25) is 0 Å². The van der Waals surface area contributed by atoms with E-state index in [1.54, 1.807) is 32.4 Å². The van der Waals surface area contributed by atoms with Gasteiger partial charge in [0, 0.05) is 5.56 Å². The number of carbonyl (C=O) groups is 1. The van der Waals surface area contributed by atoms with Gasteiger partial charge in [-0.25, -0.2) is 0 Å². The Labute approximate surface area is 173 Å². The van der Waals surface area contributed by atoms with Crippen LogP contribution in [0.5, 0.6) is 23.0 Å². The van der Waals surface area contributed by atoms with E-state index in [2.05, 4.69) is 5.32 Å². The van der Waals surface area contributed by atoms with Gasteiger partial charge >= 0.3 is 0 Å². The summed E-state index contributed by atoms with van der Waals surface area (Å²) in [5.74, 6) is 2.33. The summed E-state index contributed by atoms with van der Waals surface area (Å²) in [5.41, 5.74) is 1.44. The second kappa shape index (κ2) is 11.2. The van der Waals surface area contributed by atoms with Crippen molar-refractivity contribution in [3.8, 4) is 23.0 Å². The number of benzene rings is 2. The lowest BCUT2D eigenvalue weighted by molar-refractivity contribution is 0.0939. The van der Waals surface area contributed by atoms with Gasteiger partial charge in [0.05, 0.1) is 33.5 Å². The summed E-state index contributed by atoms with van der Waals surface area (Å²) in [7, 11) is 3.18. The Morgan fingerprint density at radius 2 is 1.48 bits per heavy atom. The van der Waals surface area contributed by atoms with Crippen LogP contribution in [-0.4, -0.2) is 33.3 Å². The lowest BCUT2D eigenvalue weighted by Gasteiger charge is -2.18. The van der Waals surface area contributed by atoms with Crippen LogP contribution in [0.3, 0.4) is 0 Å². The van der Waals surface area contributed by atoms with Gasteiger partial charge in [0.1, 0.15) is 0 Å². The molecule has 6 nitrogen and oxygen atoms in total. The quantitative estimate of drug-likeness (QED) is 0.587. The molecule has 158 valence electrons. The molecule has 2 aromatic carbocycles. The van der Waals surface area contributed by atoms with Gasteiger partial charge < -0.3 is 24.3 Å². The minimum Gasteiger partial charge on any atom is -0.493 e. The number of nitrogens with one attached hydrogen (secondary N) is 1. The van der Waals surface area contributed by atoms with E-state index in [-0.39, 0.29) is 11.9 Å². The summed E-state index contributed by atoms with van der Waals surface area (Å²) < 4.78 is 22.1. The van der Waals surface area contributed by atoms with E-state index in [0.717, 1.165) is 18.4 Å². The van der Waals surface area contributed by atoms with Gasteiger partial charge in [0.2, 0.25) is 0 Å². The maximum absolute atomic E-state index is 12.8. The highest BCUT2D eigenvalue weighted by Crippen LogP contribution is 2.31. The molecule has 0 aliphatic rings. The third-order valence-electron chi connectivity index (χ3n) is 4.38. The monoisotopic (exact) mass is 401 g/mol. The largest absolute Gasteiger partial charge is 0.493 e. The zero-order valence-corrected chi connectivity index (χ0v) is 17.9. The molecule has 1 N–H and O–H groups in total. The molecule has 1 atom stereocenters. The standard InChI is InChI=1S/C23H31NO5/c1-6-12-28-20-11-9-18(15-22(20)29-13-7-2)23(25)24-16(3)17-8-10-19(26-4)21(14-17)27-5/h8-11,14-16H,6-7,12-13H2,1-5H3,(H,24,25). The summed E-state index contributed by atoms with van der Waals surface area (Å²) in [6.45, 7) is 7.17. The van der Waals surface area contributed by atoms with Gasteiger partial charge in [-0.1, -0.05) is 19.9 Å². The topological polar surface area (TPSA) is 66.0 Å². The van der Waals surface area contributed by atoms with Crippen LogP contribution in [0.25, 0.3) is 0 Å². The predicted octanol–water partition coefficient (Wildman–Crippen LogP) is 4.77. The maximum Gasteiger partial charge on any atom is 0.251 e. The van der Waals surface area contributed by atoms with E-state index in [9.17, 15) is 4.79 Å². The van der Waals surface area contributed by atoms with Gasteiger partial charge in [-0.3, -0.25) is 4.79 Å². The Morgan fingerprint density at radius 1 is 0.862 bits per heavy atom. The molecule has 29 heavy (non-hydrogen) atoms. The lowest BCUT2D eigenvalue weighted by Crippen LogP contribution is -2.26. The van der Waals surface area contributed by atoms with Crippen molar-refractivity contribution in [1.82, 2.24) is 5.32 Å². The van der Waals surface area contributed by atoms with Crippen molar-refractivity contribution in [1.29, 1.82) is 0 Å². The molecule has 0 radical (unpaired) electrons. The summed E-state index contributed by atoms with van der Waals surface area (Å²) in [6, 6.07) is 10.7. The summed E-state index contributed by atoms with van der Waals surface area (Å²) in [6.07, 6.45) is 1.78. The number of rotatable bonds is 11. The fraction of sp³-hybridized carbons (Fsp3) is 0.435. The highest BCUT2D eigenvalue weighted by Gasteiger charge is 2.16. The molecule has 2 aromatic rings. The van der Waals surface area contributed by atoms with Crippen molar-refractivity contribution >= 4 is 5.91 Å². The number of ether oxygens (including phenoxy) is 4. The first-order valence-corrected chi connectivity index (χ1v) is 9.96. The number of methoxy groups -OCH3 is 2. The molecule has 0 aromatic heterocycles. The molecule has 0 saturated carbocycles. The molecule has 2 rings (SSSR count). The fourth-order valence-electron chi connectivity index (χ4n) is 2.79. The first kappa shape index (κ1) is 22.4. The predicted molar refractivity (Wildman–Crippen MR) is 113 cm³/mol. The number of hydrogen-bond acceptors (Lipinski definition) is 5. The summed E-state index contributed by atoms with van der Waals surface area (Å²) in [5, 5.41) is 3.02. The minimum absolute atomic E-state index is 0.185. The van der Waals surface area contributed by atoms with Gasteiger partial charge in [-0.15, -0.1) is 0 Å². The van der Waals surface area contributed by atoms with Crippen molar-refractivity contribution in [2.24, 2.45) is 0 Å². The van der Waals surface area contributed by atoms with E-state index < -0.39 is 0 Å². The van der Waals surface area contributed by atoms with Crippen LogP contribution in [-0.2, 0) is 0 Å². The molecule has 0 aliphatic carbocycles. The Kier molecular flexibility index (Phi) is 8.65. The molecule has 0 fully saturated rings. The van der Waals surface area contributed by atoms with Crippen LogP contribution in [0.1, 0.15) is 55.6 Å². The van der Waals surface area contributed by atoms with Crippen molar-refractivity contribution in [2.75, 3.05) is 27.4 Å². The van der Waals surface area contributed by atoms with E-state index in [0.29, 0.717) is 41.8 Å². The molecule has 0 spiro atoms. The van der Waals surface area contributed by atoms with Crippen LogP contribution in [0.4, 0.5) is 0 Å². The Morgan fingerprint density at radius 3 is 2.10 bits per heavy atom. The first-order chi connectivity index (χ1) is 14.0. The maximum atomic E-state index is 12.8. The fourth-order valence-corrected chi connectivity index (χ4v) is 2.79. The van der Waals surface area contributed by atoms with Crippen molar-refractivity contribution in [3.63, 3.8) is 0 Å². The highest BCUT2D eigenvalue weighted by atomic mass is 16.5. The lowest BCUT2D eigenvalue weighted by atomic mass is 10.1. The van der Waals surface area contributed by atoms with E-state index >= 15 is 0 Å². The molecule has 0 heterocycles. The van der Waals surface area contributed by atoms with Gasteiger partial charge in [0.15, 0.2) is 23.0 Å². The van der Waals surface area contributed by atoms with E-state index in [1.807, 2.05) is 39.0 Å². The van der Waals surface area contributed by atoms with Crippen LogP contribution in [0.15, 0.2) is 36.4 Å². The third kappa shape index (κ3) is 6.04. The smallest absolute Gasteiger partial charge is 0.251 e. The SMILES string of the molecule is CCCOc1ccc(C(=O)NC(C)c2ccc(OC)c(OC)c2)cc1OCCC. The van der Waals surface area contributed by atoms with Crippen molar-refractivity contribution in [3.05, 3.63) is 47.5 Å². The van der Waals surface area contributed by atoms with Crippen LogP contribution in [0, 0.1) is 0 Å². The number of hydrogen-bond donors (Lipinski definition) is 1. The normalized spacial score (nSPS) is 11.5. The highest BCUT2D eigenvalue weighted by molar-refractivity contribution is 5.95. The van der Waals surface area contributed by atoms with E-state index in [4.69, 9.17) is 18.9 Å². The molecule has 0 saturated heterocycles. The second-order valence-corrected chi connectivity index (χ2v) is 6.67. The Hall–Kier alpha value is -2.89. The zero-order valence-electron chi connectivity index (χ0n) is 17.9. The van der Waals surface area contributed by atoms with Crippen molar-refractivity contribution in [2.45, 2.75) is 39.7 Å². The van der Waals surface area contributed by atoms with E-state index in [1.165, 1.54) is 0 Å². The molecule has 0 bridgehead atoms. The molecule has 1 unspecified atom stereocenters. The van der Waals surface area contributed by atoms with Gasteiger partial charge in [-0.2, -0.15) is 0 Å². The van der Waals surface area contributed by atoms with Crippen LogP contribution < -0.4 is 24.3 Å². The average Bonchev–Trinajstić information content (AvgIpc) is 2.75. The Balaban J connectivity index is 2.16. The summed E-state index contributed by atoms with van der Waals surface area (Å²) in [4.78, 5) is 12.8. The molecular formula is C23H31NO5. The Bertz CT molecular complexity index is 806. The second-order valence-electron chi connectivity index (χ2n) is 6.67.